The SMILES string of the molecule is COC(CNC(=O)c1cccc(Cn2nc(C)cc2C)c1)C(=O)O. The van der Waals surface area contributed by atoms with E-state index in [0.29, 0.717) is 12.1 Å². The Labute approximate surface area is 140 Å². The molecule has 1 amide bonds. The van der Waals surface area contributed by atoms with Gasteiger partial charge < -0.3 is 15.2 Å². The Morgan fingerprint density at radius 2 is 2.08 bits per heavy atom. The zero-order valence-electron chi connectivity index (χ0n) is 13.9. The van der Waals surface area contributed by atoms with Gasteiger partial charge in [0.05, 0.1) is 18.8 Å². The Bertz CT molecular complexity index is 739. The van der Waals surface area contributed by atoms with Gasteiger partial charge in [-0.3, -0.25) is 9.48 Å². The first-order valence-corrected chi connectivity index (χ1v) is 7.54. The number of nitrogens with zero attached hydrogens (tertiary/aromatic N) is 2. The Kier molecular flexibility index (Phi) is 5.70. The summed E-state index contributed by atoms with van der Waals surface area (Å²) < 4.78 is 6.66. The number of aliphatic carboxylic acids is 1. The van der Waals surface area contributed by atoms with E-state index in [1.54, 1.807) is 18.2 Å². The lowest BCUT2D eigenvalue weighted by Crippen LogP contribution is -2.37. The summed E-state index contributed by atoms with van der Waals surface area (Å²) in [5, 5.41) is 15.9. The van der Waals surface area contributed by atoms with Crippen molar-refractivity contribution in [2.45, 2.75) is 26.5 Å². The molecule has 0 radical (unpaired) electrons. The van der Waals surface area contributed by atoms with Gasteiger partial charge in [-0.05, 0) is 37.6 Å². The summed E-state index contributed by atoms with van der Waals surface area (Å²) in [6.45, 7) is 4.39. The number of hydrogen-bond acceptors (Lipinski definition) is 4. The highest BCUT2D eigenvalue weighted by Crippen LogP contribution is 2.10. The highest BCUT2D eigenvalue weighted by Gasteiger charge is 2.17. The number of methoxy groups -OCH3 is 1. The lowest BCUT2D eigenvalue weighted by Gasteiger charge is -2.12. The second-order valence-corrected chi connectivity index (χ2v) is 5.56. The highest BCUT2D eigenvalue weighted by molar-refractivity contribution is 5.94. The number of carboxylic acids is 1. The van der Waals surface area contributed by atoms with Crippen LogP contribution in [0.1, 0.15) is 27.3 Å². The third-order valence-electron chi connectivity index (χ3n) is 3.63. The summed E-state index contributed by atoms with van der Waals surface area (Å²) in [5.41, 5.74) is 3.40. The maximum absolute atomic E-state index is 12.2. The van der Waals surface area contributed by atoms with Crippen LogP contribution in [0.3, 0.4) is 0 Å². The van der Waals surface area contributed by atoms with Crippen molar-refractivity contribution in [3.63, 3.8) is 0 Å². The van der Waals surface area contributed by atoms with Crippen molar-refractivity contribution in [1.82, 2.24) is 15.1 Å². The van der Waals surface area contributed by atoms with Crippen LogP contribution >= 0.6 is 0 Å². The molecule has 128 valence electrons. The number of hydrogen-bond donors (Lipinski definition) is 2. The second-order valence-electron chi connectivity index (χ2n) is 5.56. The van der Waals surface area contributed by atoms with E-state index in [2.05, 4.69) is 10.4 Å². The van der Waals surface area contributed by atoms with Crippen LogP contribution in [-0.2, 0) is 16.1 Å². The molecule has 1 aromatic carbocycles. The van der Waals surface area contributed by atoms with Crippen LogP contribution in [0, 0.1) is 13.8 Å². The van der Waals surface area contributed by atoms with E-state index in [-0.39, 0.29) is 12.5 Å². The first-order chi connectivity index (χ1) is 11.4. The molecule has 0 aliphatic rings. The number of amides is 1. The first-order valence-electron chi connectivity index (χ1n) is 7.54. The average Bonchev–Trinajstić information content (AvgIpc) is 2.85. The normalized spacial score (nSPS) is 12.0. The Hall–Kier alpha value is -2.67. The molecule has 7 nitrogen and oxygen atoms in total. The van der Waals surface area contributed by atoms with Gasteiger partial charge in [-0.2, -0.15) is 5.10 Å². The minimum atomic E-state index is -1.11. The van der Waals surface area contributed by atoms with Crippen LogP contribution in [0.2, 0.25) is 0 Å². The summed E-state index contributed by atoms with van der Waals surface area (Å²) in [6.07, 6.45) is -1.06. The van der Waals surface area contributed by atoms with Crippen LogP contribution in [-0.4, -0.2) is 46.5 Å². The number of rotatable bonds is 7. The van der Waals surface area contributed by atoms with Crippen molar-refractivity contribution in [3.05, 3.63) is 52.8 Å². The van der Waals surface area contributed by atoms with Gasteiger partial charge in [0, 0.05) is 18.4 Å². The maximum atomic E-state index is 12.2. The third-order valence-corrected chi connectivity index (χ3v) is 3.63. The van der Waals surface area contributed by atoms with Crippen molar-refractivity contribution in [2.24, 2.45) is 0 Å². The van der Waals surface area contributed by atoms with Crippen LogP contribution < -0.4 is 5.32 Å². The predicted octanol–water partition coefficient (Wildman–Crippen LogP) is 1.38. The molecule has 0 aliphatic carbocycles. The quantitative estimate of drug-likeness (QED) is 0.799. The second kappa shape index (κ2) is 7.74. The van der Waals surface area contributed by atoms with E-state index in [0.717, 1.165) is 17.0 Å². The van der Waals surface area contributed by atoms with E-state index in [4.69, 9.17) is 9.84 Å². The van der Waals surface area contributed by atoms with Crippen molar-refractivity contribution in [2.75, 3.05) is 13.7 Å². The maximum Gasteiger partial charge on any atom is 0.334 e. The number of carbonyl (C=O) groups is 2. The van der Waals surface area contributed by atoms with E-state index in [9.17, 15) is 9.59 Å². The van der Waals surface area contributed by atoms with Crippen molar-refractivity contribution < 1.29 is 19.4 Å². The monoisotopic (exact) mass is 331 g/mol. The largest absolute Gasteiger partial charge is 0.479 e. The van der Waals surface area contributed by atoms with Gasteiger partial charge in [0.2, 0.25) is 0 Å². The Balaban J connectivity index is 2.05. The third kappa shape index (κ3) is 4.42. The molecule has 7 heteroatoms. The molecule has 2 rings (SSSR count). The fraction of sp³-hybridized carbons (Fsp3) is 0.353. The molecule has 0 aliphatic heterocycles. The summed E-state index contributed by atoms with van der Waals surface area (Å²) >= 11 is 0. The number of carbonyl (C=O) groups excluding carboxylic acids is 1. The van der Waals surface area contributed by atoms with Gasteiger partial charge in [-0.1, -0.05) is 12.1 Å². The van der Waals surface area contributed by atoms with Gasteiger partial charge in [-0.25, -0.2) is 4.79 Å². The Morgan fingerprint density at radius 3 is 2.67 bits per heavy atom. The summed E-state index contributed by atoms with van der Waals surface area (Å²) in [6, 6.07) is 9.16. The number of carboxylic acid groups (broad SMARTS) is 1. The minimum Gasteiger partial charge on any atom is -0.479 e. The van der Waals surface area contributed by atoms with Gasteiger partial charge in [0.1, 0.15) is 0 Å². The molecular formula is C17H21N3O4. The first kappa shape index (κ1) is 17.7. The van der Waals surface area contributed by atoms with Crippen LogP contribution in [0.25, 0.3) is 0 Å². The average molecular weight is 331 g/mol. The smallest absolute Gasteiger partial charge is 0.334 e. The molecular weight excluding hydrogens is 310 g/mol. The molecule has 2 N–H and O–H groups in total. The zero-order valence-corrected chi connectivity index (χ0v) is 13.9. The predicted molar refractivity (Wildman–Crippen MR) is 88.0 cm³/mol. The van der Waals surface area contributed by atoms with Gasteiger partial charge >= 0.3 is 5.97 Å². The summed E-state index contributed by atoms with van der Waals surface area (Å²) in [4.78, 5) is 23.1. The molecule has 1 aromatic heterocycles. The molecule has 1 heterocycles. The molecule has 1 unspecified atom stereocenters. The molecule has 0 fully saturated rings. The fourth-order valence-corrected chi connectivity index (χ4v) is 2.38. The summed E-state index contributed by atoms with van der Waals surface area (Å²) in [5.74, 6) is -1.45. The van der Waals surface area contributed by atoms with Crippen LogP contribution in [0.4, 0.5) is 0 Å². The van der Waals surface area contributed by atoms with E-state index in [1.807, 2.05) is 30.7 Å². The molecule has 0 saturated carbocycles. The van der Waals surface area contributed by atoms with Gasteiger partial charge in [-0.15, -0.1) is 0 Å². The zero-order chi connectivity index (χ0) is 17.7. The van der Waals surface area contributed by atoms with Crippen LogP contribution in [0.5, 0.6) is 0 Å². The van der Waals surface area contributed by atoms with Gasteiger partial charge in [0.25, 0.3) is 5.91 Å². The summed E-state index contributed by atoms with van der Waals surface area (Å²) in [7, 11) is 1.29. The molecule has 0 bridgehead atoms. The van der Waals surface area contributed by atoms with Crippen molar-refractivity contribution in [3.8, 4) is 0 Å². The molecule has 2 aromatic rings. The highest BCUT2D eigenvalue weighted by atomic mass is 16.5. The number of aryl methyl sites for hydroxylation is 2. The van der Waals surface area contributed by atoms with E-state index >= 15 is 0 Å². The minimum absolute atomic E-state index is 0.0909. The molecule has 24 heavy (non-hydrogen) atoms. The van der Waals surface area contributed by atoms with Crippen LogP contribution in [0.15, 0.2) is 30.3 Å². The molecule has 0 spiro atoms. The number of benzene rings is 1. The number of nitrogens with one attached hydrogen (secondary N) is 1. The standard InChI is InChI=1S/C17H21N3O4/c1-11-7-12(2)20(19-11)10-13-5-4-6-14(8-13)16(21)18-9-15(24-3)17(22)23/h4-8,15H,9-10H2,1-3H3,(H,18,21)(H,22,23). The molecule has 1 atom stereocenters. The molecule has 0 saturated heterocycles. The van der Waals surface area contributed by atoms with Crippen molar-refractivity contribution >= 4 is 11.9 Å². The van der Waals surface area contributed by atoms with E-state index in [1.165, 1.54) is 7.11 Å². The lowest BCUT2D eigenvalue weighted by atomic mass is 10.1. The number of aromatic nitrogens is 2. The fourth-order valence-electron chi connectivity index (χ4n) is 2.38. The lowest BCUT2D eigenvalue weighted by molar-refractivity contribution is -0.148. The van der Waals surface area contributed by atoms with Gasteiger partial charge in [0.15, 0.2) is 6.10 Å². The Morgan fingerprint density at radius 1 is 1.33 bits per heavy atom. The topological polar surface area (TPSA) is 93.5 Å². The van der Waals surface area contributed by atoms with Crippen molar-refractivity contribution in [1.29, 1.82) is 0 Å². The van der Waals surface area contributed by atoms with E-state index < -0.39 is 12.1 Å². The number of ether oxygens (including phenoxy) is 1.